The molecule has 0 spiro atoms. The first kappa shape index (κ1) is 23.5. The Bertz CT molecular complexity index is 1460. The molecule has 1 amide bonds. The van der Waals surface area contributed by atoms with Gasteiger partial charge in [0.1, 0.15) is 11.6 Å². The summed E-state index contributed by atoms with van der Waals surface area (Å²) in [6, 6.07) is 15.3. The summed E-state index contributed by atoms with van der Waals surface area (Å²) in [5.41, 5.74) is 2.91. The molecule has 1 fully saturated rings. The average Bonchev–Trinajstić information content (AvgIpc) is 3.35. The predicted molar refractivity (Wildman–Crippen MR) is 135 cm³/mol. The Morgan fingerprint density at radius 1 is 0.972 bits per heavy atom. The summed E-state index contributed by atoms with van der Waals surface area (Å²) in [7, 11) is 1.26. The standard InChI is InChI=1S/C26H22ClN5O4/c1-36-26(35)17-4-2-3-16(13-17)23(33)25(34)32-11-9-31(10-12-32)22-8-5-18(15-28-22)24-29-20-7-6-19(27)14-21(20)30-24/h2-8,13-15H,9-12H2,1H3,(H,29,30). The van der Waals surface area contributed by atoms with Crippen LogP contribution in [0.25, 0.3) is 22.4 Å². The fraction of sp³-hybridized carbons (Fsp3) is 0.192. The van der Waals surface area contributed by atoms with Crippen molar-refractivity contribution in [3.8, 4) is 11.4 Å². The highest BCUT2D eigenvalue weighted by Gasteiger charge is 2.27. The number of imidazole rings is 1. The molecular weight excluding hydrogens is 482 g/mol. The number of carbonyl (C=O) groups excluding carboxylic acids is 3. The number of benzene rings is 2. The second-order valence-electron chi connectivity index (χ2n) is 8.33. The van der Waals surface area contributed by atoms with Gasteiger partial charge in [-0.3, -0.25) is 9.59 Å². The van der Waals surface area contributed by atoms with E-state index in [-0.39, 0.29) is 11.1 Å². The second-order valence-corrected chi connectivity index (χ2v) is 8.77. The van der Waals surface area contributed by atoms with Crippen LogP contribution in [0.4, 0.5) is 5.82 Å². The summed E-state index contributed by atoms with van der Waals surface area (Å²) in [5.74, 6) is -0.318. The molecule has 1 N–H and O–H groups in total. The van der Waals surface area contributed by atoms with E-state index in [1.165, 1.54) is 30.2 Å². The molecule has 5 rings (SSSR count). The maximum absolute atomic E-state index is 12.8. The number of halogens is 1. The molecule has 0 radical (unpaired) electrons. The highest BCUT2D eigenvalue weighted by Crippen LogP contribution is 2.24. The number of amides is 1. The lowest BCUT2D eigenvalue weighted by molar-refractivity contribution is -0.126. The number of aromatic amines is 1. The van der Waals surface area contributed by atoms with Crippen molar-refractivity contribution in [1.29, 1.82) is 0 Å². The van der Waals surface area contributed by atoms with Crippen molar-refractivity contribution in [2.45, 2.75) is 0 Å². The van der Waals surface area contributed by atoms with E-state index in [9.17, 15) is 14.4 Å². The number of nitrogens with zero attached hydrogens (tertiary/aromatic N) is 4. The SMILES string of the molecule is COC(=O)c1cccc(C(=O)C(=O)N2CCN(c3ccc(-c4nc5ccc(Cl)cc5[nH]4)cn3)CC2)c1. The van der Waals surface area contributed by atoms with Crippen molar-refractivity contribution >= 4 is 46.1 Å². The average molecular weight is 504 g/mol. The number of fused-ring (bicyclic) bond motifs is 1. The first-order valence-electron chi connectivity index (χ1n) is 11.3. The molecule has 36 heavy (non-hydrogen) atoms. The number of methoxy groups -OCH3 is 1. The molecule has 9 nitrogen and oxygen atoms in total. The van der Waals surface area contributed by atoms with Crippen molar-refractivity contribution in [1.82, 2.24) is 19.9 Å². The number of ketones is 1. The van der Waals surface area contributed by atoms with E-state index in [1.807, 2.05) is 24.3 Å². The molecule has 1 saturated heterocycles. The molecule has 4 aromatic rings. The lowest BCUT2D eigenvalue weighted by Crippen LogP contribution is -2.50. The summed E-state index contributed by atoms with van der Waals surface area (Å²) < 4.78 is 4.69. The third-order valence-electron chi connectivity index (χ3n) is 6.10. The molecule has 3 heterocycles. The van der Waals surface area contributed by atoms with Gasteiger partial charge in [-0.05, 0) is 42.5 Å². The lowest BCUT2D eigenvalue weighted by atomic mass is 10.1. The molecule has 2 aromatic carbocycles. The van der Waals surface area contributed by atoms with Gasteiger partial charge in [0.05, 0.1) is 23.7 Å². The molecule has 0 unspecified atom stereocenters. The van der Waals surface area contributed by atoms with Gasteiger partial charge < -0.3 is 19.5 Å². The lowest BCUT2D eigenvalue weighted by Gasteiger charge is -2.35. The zero-order valence-corrected chi connectivity index (χ0v) is 20.2. The van der Waals surface area contributed by atoms with Gasteiger partial charge in [-0.25, -0.2) is 14.8 Å². The number of esters is 1. The molecule has 0 saturated carbocycles. The minimum atomic E-state index is -0.649. The Morgan fingerprint density at radius 2 is 1.75 bits per heavy atom. The Labute approximate surface area is 211 Å². The summed E-state index contributed by atoms with van der Waals surface area (Å²) in [5, 5.41) is 0.639. The van der Waals surface area contributed by atoms with Crippen molar-refractivity contribution in [2.24, 2.45) is 0 Å². The summed E-state index contributed by atoms with van der Waals surface area (Å²) >= 11 is 6.06. The predicted octanol–water partition coefficient (Wildman–Crippen LogP) is 3.60. The van der Waals surface area contributed by atoms with Crippen LogP contribution in [0.3, 0.4) is 0 Å². The van der Waals surface area contributed by atoms with Crippen LogP contribution in [-0.2, 0) is 9.53 Å². The molecule has 0 bridgehead atoms. The molecule has 0 atom stereocenters. The minimum Gasteiger partial charge on any atom is -0.465 e. The maximum atomic E-state index is 12.8. The number of pyridine rings is 1. The molecule has 0 aliphatic carbocycles. The van der Waals surface area contributed by atoms with Crippen LogP contribution in [0.1, 0.15) is 20.7 Å². The summed E-state index contributed by atoms with van der Waals surface area (Å²) in [6.45, 7) is 1.84. The van der Waals surface area contributed by atoms with Crippen molar-refractivity contribution in [3.05, 3.63) is 76.9 Å². The third kappa shape index (κ3) is 4.65. The summed E-state index contributed by atoms with van der Waals surface area (Å²) in [4.78, 5) is 53.3. The van der Waals surface area contributed by atoms with Crippen LogP contribution in [0, 0.1) is 0 Å². The van der Waals surface area contributed by atoms with Crippen molar-refractivity contribution < 1.29 is 19.1 Å². The largest absolute Gasteiger partial charge is 0.465 e. The van der Waals surface area contributed by atoms with Crippen LogP contribution in [0.2, 0.25) is 5.02 Å². The maximum Gasteiger partial charge on any atom is 0.337 e. The van der Waals surface area contributed by atoms with E-state index in [1.54, 1.807) is 18.3 Å². The van der Waals surface area contributed by atoms with Gasteiger partial charge in [-0.15, -0.1) is 0 Å². The van der Waals surface area contributed by atoms with Gasteiger partial charge in [0, 0.05) is 48.5 Å². The van der Waals surface area contributed by atoms with Gasteiger partial charge in [-0.2, -0.15) is 0 Å². The topological polar surface area (TPSA) is 108 Å². The van der Waals surface area contributed by atoms with E-state index in [0.717, 1.165) is 22.4 Å². The highest BCUT2D eigenvalue weighted by atomic mass is 35.5. The van der Waals surface area contributed by atoms with E-state index in [2.05, 4.69) is 24.6 Å². The van der Waals surface area contributed by atoms with Crippen LogP contribution >= 0.6 is 11.6 Å². The number of ether oxygens (including phenoxy) is 1. The van der Waals surface area contributed by atoms with Gasteiger partial charge >= 0.3 is 5.97 Å². The number of aromatic nitrogens is 3. The van der Waals surface area contributed by atoms with Crippen LogP contribution in [0.15, 0.2) is 60.8 Å². The third-order valence-corrected chi connectivity index (χ3v) is 6.33. The zero-order chi connectivity index (χ0) is 25.2. The number of carbonyl (C=O) groups is 3. The number of anilines is 1. The van der Waals surface area contributed by atoms with Gasteiger partial charge in [-0.1, -0.05) is 23.7 Å². The molecule has 2 aromatic heterocycles. The van der Waals surface area contributed by atoms with Crippen molar-refractivity contribution in [3.63, 3.8) is 0 Å². The Balaban J connectivity index is 1.22. The number of H-pyrrole nitrogens is 1. The number of piperazine rings is 1. The Hall–Kier alpha value is -4.24. The van der Waals surface area contributed by atoms with E-state index in [0.29, 0.717) is 37.0 Å². The fourth-order valence-corrected chi connectivity index (χ4v) is 4.31. The highest BCUT2D eigenvalue weighted by molar-refractivity contribution is 6.42. The number of nitrogens with one attached hydrogen (secondary N) is 1. The molecule has 182 valence electrons. The van der Waals surface area contributed by atoms with E-state index >= 15 is 0 Å². The van der Waals surface area contributed by atoms with Gasteiger partial charge in [0.25, 0.3) is 5.91 Å². The normalized spacial score (nSPS) is 13.6. The van der Waals surface area contributed by atoms with E-state index in [4.69, 9.17) is 11.6 Å². The van der Waals surface area contributed by atoms with Gasteiger partial charge in [0.15, 0.2) is 0 Å². The summed E-state index contributed by atoms with van der Waals surface area (Å²) in [6.07, 6.45) is 1.75. The first-order chi connectivity index (χ1) is 17.4. The first-order valence-corrected chi connectivity index (χ1v) is 11.7. The second kappa shape index (κ2) is 9.79. The van der Waals surface area contributed by atoms with Crippen LogP contribution in [-0.4, -0.2) is 70.8 Å². The minimum absolute atomic E-state index is 0.162. The van der Waals surface area contributed by atoms with E-state index < -0.39 is 17.7 Å². The molecule has 10 heteroatoms. The number of hydrogen-bond donors (Lipinski definition) is 1. The zero-order valence-electron chi connectivity index (χ0n) is 19.4. The monoisotopic (exact) mass is 503 g/mol. The van der Waals surface area contributed by atoms with Crippen LogP contribution < -0.4 is 4.90 Å². The smallest absolute Gasteiger partial charge is 0.337 e. The molecular formula is C26H22ClN5O4. The number of hydrogen-bond acceptors (Lipinski definition) is 7. The Kier molecular flexibility index (Phi) is 6.39. The number of Topliss-reactive ketones (excluding diaryl/α,β-unsaturated/α-hetero) is 1. The van der Waals surface area contributed by atoms with Crippen LogP contribution in [0.5, 0.6) is 0 Å². The van der Waals surface area contributed by atoms with Gasteiger partial charge in [0.2, 0.25) is 5.78 Å². The van der Waals surface area contributed by atoms with Crippen molar-refractivity contribution in [2.75, 3.05) is 38.2 Å². The number of rotatable bonds is 5. The fourth-order valence-electron chi connectivity index (χ4n) is 4.14. The Morgan fingerprint density at radius 3 is 2.47 bits per heavy atom. The molecule has 1 aliphatic heterocycles. The quantitative estimate of drug-likeness (QED) is 0.252. The molecule has 1 aliphatic rings.